The Morgan fingerprint density at radius 3 is 2.30 bits per heavy atom. The Bertz CT molecular complexity index is 1860. The van der Waals surface area contributed by atoms with Crippen LogP contribution in [0, 0.1) is 35.5 Å². The predicted octanol–water partition coefficient (Wildman–Crippen LogP) is 6.36. The fraction of sp³-hybridized carbons (Fsp3) is 0.722. The van der Waals surface area contributed by atoms with Crippen molar-refractivity contribution >= 4 is 29.2 Å². The highest BCUT2D eigenvalue weighted by atomic mass is 16.6. The van der Waals surface area contributed by atoms with Gasteiger partial charge in [-0.15, -0.1) is 6.58 Å². The third-order valence-corrected chi connectivity index (χ3v) is 15.0. The van der Waals surface area contributed by atoms with Gasteiger partial charge in [0.05, 0.1) is 37.6 Å². The Hall–Kier alpha value is -3.67. The summed E-state index contributed by atoms with van der Waals surface area (Å²) in [7, 11) is 4.56. The highest BCUT2D eigenvalue weighted by Crippen LogP contribution is 2.38. The number of hydrogen-bond donors (Lipinski definition) is 3. The zero-order valence-corrected chi connectivity index (χ0v) is 42.7. The number of piperidine rings is 1. The number of allylic oxidation sites excluding steroid dienone is 7. The first-order chi connectivity index (χ1) is 32.8. The third kappa shape index (κ3) is 15.7. The van der Waals surface area contributed by atoms with Crippen LogP contribution in [0.4, 0.5) is 0 Å². The molecule has 0 aromatic carbocycles. The van der Waals surface area contributed by atoms with Gasteiger partial charge in [0.2, 0.25) is 5.79 Å². The van der Waals surface area contributed by atoms with Gasteiger partial charge >= 0.3 is 5.97 Å². The van der Waals surface area contributed by atoms with Crippen LogP contribution in [0.25, 0.3) is 0 Å². The maximum atomic E-state index is 14.5. The second-order valence-corrected chi connectivity index (χ2v) is 20.1. The summed E-state index contributed by atoms with van der Waals surface area (Å²) < 4.78 is 35.6. The van der Waals surface area contributed by atoms with Gasteiger partial charge in [0, 0.05) is 58.5 Å². The second kappa shape index (κ2) is 27.8. The summed E-state index contributed by atoms with van der Waals surface area (Å²) in [6.45, 7) is 14.8. The molecule has 1 amide bonds. The largest absolute Gasteiger partial charge is 0.460 e. The van der Waals surface area contributed by atoms with E-state index < -0.39 is 77.8 Å². The van der Waals surface area contributed by atoms with Gasteiger partial charge in [-0.1, -0.05) is 70.2 Å². The van der Waals surface area contributed by atoms with Crippen molar-refractivity contribution in [1.29, 1.82) is 0 Å². The minimum atomic E-state index is -2.44. The highest BCUT2D eigenvalue weighted by Gasteiger charge is 2.53. The van der Waals surface area contributed by atoms with E-state index in [0.29, 0.717) is 63.4 Å². The number of rotatable bonds is 10. The van der Waals surface area contributed by atoms with E-state index >= 15 is 0 Å². The molecule has 1 unspecified atom stereocenters. The van der Waals surface area contributed by atoms with Crippen LogP contribution in [0.2, 0.25) is 0 Å². The molecule has 4 rings (SSSR count). The first-order valence-corrected chi connectivity index (χ1v) is 25.2. The van der Waals surface area contributed by atoms with Crippen LogP contribution < -0.4 is 0 Å². The van der Waals surface area contributed by atoms with Gasteiger partial charge in [0.1, 0.15) is 30.1 Å². The van der Waals surface area contributed by atoms with Crippen LogP contribution in [-0.2, 0) is 52.4 Å². The molecule has 3 N–H and O–H groups in total. The molecule has 15 heteroatoms. The molecule has 0 aromatic heterocycles. The number of ether oxygens (including phenoxy) is 6. The Morgan fingerprint density at radius 2 is 1.64 bits per heavy atom. The summed E-state index contributed by atoms with van der Waals surface area (Å²) in [5, 5.41) is 32.8. The number of hydrogen-bond acceptors (Lipinski definition) is 14. The molecule has 0 aromatic rings. The summed E-state index contributed by atoms with van der Waals surface area (Å²) in [5.41, 5.74) is 1.23. The average molecular weight is 970 g/mol. The maximum Gasteiger partial charge on any atom is 0.329 e. The number of carbonyl (C=O) groups excluding carboxylic acids is 5. The molecule has 3 aliphatic heterocycles. The van der Waals surface area contributed by atoms with E-state index in [1.807, 2.05) is 44.2 Å². The normalized spacial score (nSPS) is 38.7. The van der Waals surface area contributed by atoms with Crippen molar-refractivity contribution in [2.24, 2.45) is 35.5 Å². The molecule has 1 aliphatic carbocycles. The maximum absolute atomic E-state index is 14.5. The Morgan fingerprint density at radius 1 is 0.899 bits per heavy atom. The molecule has 4 aliphatic rings. The second-order valence-electron chi connectivity index (χ2n) is 20.1. The number of cyclic esters (lactones) is 1. The van der Waals surface area contributed by atoms with Crippen molar-refractivity contribution < 1.29 is 67.7 Å². The Labute approximate surface area is 410 Å². The zero-order valence-electron chi connectivity index (χ0n) is 42.7. The first kappa shape index (κ1) is 57.9. The van der Waals surface area contributed by atoms with E-state index in [0.717, 1.165) is 12.0 Å². The minimum absolute atomic E-state index is 0.0806. The van der Waals surface area contributed by atoms with Gasteiger partial charge in [-0.3, -0.25) is 19.2 Å². The van der Waals surface area contributed by atoms with E-state index in [2.05, 4.69) is 6.58 Å². The Kier molecular flexibility index (Phi) is 23.3. The molecule has 3 heterocycles. The fourth-order valence-electron chi connectivity index (χ4n) is 10.5. The topological polar surface area (TPSA) is 205 Å². The monoisotopic (exact) mass is 970 g/mol. The van der Waals surface area contributed by atoms with Crippen molar-refractivity contribution in [3.05, 3.63) is 60.3 Å². The lowest BCUT2D eigenvalue weighted by molar-refractivity contribution is -0.265. The molecule has 69 heavy (non-hydrogen) atoms. The number of ketones is 3. The van der Waals surface area contributed by atoms with Crippen molar-refractivity contribution in [1.82, 2.24) is 4.90 Å². The van der Waals surface area contributed by atoms with Crippen molar-refractivity contribution in [3.63, 3.8) is 0 Å². The van der Waals surface area contributed by atoms with E-state index in [9.17, 15) is 39.3 Å². The average Bonchev–Trinajstić information content (AvgIpc) is 3.34. The van der Waals surface area contributed by atoms with Crippen LogP contribution in [-0.4, -0.2) is 145 Å². The van der Waals surface area contributed by atoms with Gasteiger partial charge in [-0.25, -0.2) is 4.79 Å². The molecule has 2 bridgehead atoms. The smallest absolute Gasteiger partial charge is 0.329 e. The van der Waals surface area contributed by atoms with E-state index in [1.165, 1.54) is 12.0 Å². The van der Waals surface area contributed by atoms with E-state index in [1.54, 1.807) is 54.1 Å². The molecule has 2 saturated heterocycles. The van der Waals surface area contributed by atoms with Crippen LogP contribution >= 0.6 is 0 Å². The zero-order chi connectivity index (χ0) is 51.0. The standard InChI is InChI=1S/C54H83NO14/c1-11-39-18-14-12-13-17-33(2)45(64-8)31-41-22-20-38(7)54(63,69-41)51(60)52(61)55-24-16-15-19-42(55)53(62)68-46(35(4)28-40-21-23-44(67-26-25-56)47(30-40)65-9)32-43(57)34(3)27-36(5)48(58)50(66-10)49(59)37(6)29-39/h11-14,17-18,27,34-35,37-42,44-48,50,56,58,63H,1,15-16,19-26,28-32H2,2-10H3/b13-12+,18-14+,33-17+,36-27+/t34-,35-,37-,38-,39-,40+,41+,42+,44-,45+,46+,47-,48-,50-,54?/m1/s1. The van der Waals surface area contributed by atoms with Gasteiger partial charge in [-0.2, -0.15) is 0 Å². The van der Waals surface area contributed by atoms with Crippen LogP contribution in [0.15, 0.2) is 60.3 Å². The highest BCUT2D eigenvalue weighted by molar-refractivity contribution is 6.39. The molecule has 15 atom stereocenters. The first-order valence-electron chi connectivity index (χ1n) is 25.2. The summed E-state index contributed by atoms with van der Waals surface area (Å²) in [6, 6.07) is -1.15. The summed E-state index contributed by atoms with van der Waals surface area (Å²) in [5.74, 6) is -8.32. The quantitative estimate of drug-likeness (QED) is 0.124. The number of carbonyl (C=O) groups is 5. The lowest BCUT2D eigenvalue weighted by Crippen LogP contribution is -2.61. The van der Waals surface area contributed by atoms with Gasteiger partial charge in [-0.05, 0) is 107 Å². The predicted molar refractivity (Wildman–Crippen MR) is 260 cm³/mol. The third-order valence-electron chi connectivity index (χ3n) is 15.0. The molecule has 3 fully saturated rings. The molecule has 388 valence electrons. The number of nitrogens with zero attached hydrogens (tertiary/aromatic N) is 1. The van der Waals surface area contributed by atoms with E-state index in [-0.39, 0.29) is 74.1 Å². The van der Waals surface area contributed by atoms with E-state index in [4.69, 9.17) is 28.4 Å². The molecular formula is C54H83NO14. The van der Waals surface area contributed by atoms with Crippen molar-refractivity contribution in [3.8, 4) is 0 Å². The lowest BCUT2D eigenvalue weighted by atomic mass is 9.78. The summed E-state index contributed by atoms with van der Waals surface area (Å²) in [6.07, 6.45) is 13.3. The molecule has 0 radical (unpaired) electrons. The number of Topliss-reactive ketones (excluding diaryl/α,β-unsaturated/α-hetero) is 3. The van der Waals surface area contributed by atoms with Gasteiger partial charge in [0.25, 0.3) is 11.7 Å². The number of aliphatic hydroxyl groups is 3. The van der Waals surface area contributed by atoms with Gasteiger partial charge in [0.15, 0.2) is 5.78 Å². The lowest BCUT2D eigenvalue weighted by Gasteiger charge is -2.42. The number of aliphatic hydroxyl groups excluding tert-OH is 2. The van der Waals surface area contributed by atoms with Gasteiger partial charge < -0.3 is 48.6 Å². The number of esters is 1. The molecule has 0 spiro atoms. The molecular weight excluding hydrogens is 887 g/mol. The van der Waals surface area contributed by atoms with Crippen LogP contribution in [0.5, 0.6) is 0 Å². The van der Waals surface area contributed by atoms with Crippen LogP contribution in [0.3, 0.4) is 0 Å². The number of amides is 1. The minimum Gasteiger partial charge on any atom is -0.460 e. The SMILES string of the molecule is C=C[C@@H]1/C=C/C=C/C=C(\C)[C@@H](OC)C[C@@H]2CC[C@@H](C)C(O)(O2)C(=O)C(=O)N2CCCC[C@H]2C(=O)O[C@H]([C@H](C)C[C@@H]2CC[C@@H](OCCO)[C@H](OC)C2)CC(=O)[C@H](C)/C=C(\C)[C@@H](O)[C@@H](OC)C(=O)[C@H](C)C1. The fourth-order valence-corrected chi connectivity index (χ4v) is 10.5. The van der Waals surface area contributed by atoms with Crippen molar-refractivity contribution in [2.75, 3.05) is 41.1 Å². The Balaban J connectivity index is 1.71. The molecule has 15 nitrogen and oxygen atoms in total. The molecule has 1 saturated carbocycles. The number of methoxy groups -OCH3 is 3. The summed E-state index contributed by atoms with van der Waals surface area (Å²) >= 11 is 0. The van der Waals surface area contributed by atoms with Crippen LogP contribution in [0.1, 0.15) is 119 Å². The number of fused-ring (bicyclic) bond motifs is 3. The summed E-state index contributed by atoms with van der Waals surface area (Å²) in [4.78, 5) is 72.3. The van der Waals surface area contributed by atoms with Crippen molar-refractivity contribution in [2.45, 2.75) is 173 Å².